The highest BCUT2D eigenvalue weighted by molar-refractivity contribution is 5.38. The average Bonchev–Trinajstić information content (AvgIpc) is 2.44. The predicted octanol–water partition coefficient (Wildman–Crippen LogP) is 2.09. The van der Waals surface area contributed by atoms with E-state index in [1.54, 1.807) is 38.4 Å². The number of pyridine rings is 1. The number of nitrogens with zero attached hydrogens (tertiary/aromatic N) is 1. The fourth-order valence-corrected chi connectivity index (χ4v) is 1.97. The molecule has 1 atom stereocenters. The number of ether oxygens (including phenoxy) is 1. The smallest absolute Gasteiger partial charge is 0.142 e. The zero-order chi connectivity index (χ0) is 13.8. The van der Waals surface area contributed by atoms with Gasteiger partial charge in [-0.1, -0.05) is 12.1 Å². The molecule has 0 aliphatic heterocycles. The van der Waals surface area contributed by atoms with Crippen molar-refractivity contribution in [1.29, 1.82) is 0 Å². The quantitative estimate of drug-likeness (QED) is 0.653. The molecule has 1 aromatic heterocycles. The van der Waals surface area contributed by atoms with Crippen LogP contribution in [0.2, 0.25) is 0 Å². The van der Waals surface area contributed by atoms with Crippen molar-refractivity contribution in [2.45, 2.75) is 13.0 Å². The number of halogens is 1. The van der Waals surface area contributed by atoms with Gasteiger partial charge in [-0.05, 0) is 36.2 Å². The van der Waals surface area contributed by atoms with E-state index in [9.17, 15) is 4.39 Å². The Morgan fingerprint density at radius 1 is 1.37 bits per heavy atom. The van der Waals surface area contributed by atoms with E-state index < -0.39 is 0 Å². The van der Waals surface area contributed by atoms with Crippen LogP contribution >= 0.6 is 0 Å². The molecular weight excluding hydrogens is 245 g/mol. The van der Waals surface area contributed by atoms with Gasteiger partial charge in [-0.2, -0.15) is 0 Å². The van der Waals surface area contributed by atoms with Crippen molar-refractivity contribution in [3.8, 4) is 5.75 Å². The Hall–Kier alpha value is -1.98. The minimum Gasteiger partial charge on any atom is -0.495 e. The highest BCUT2D eigenvalue weighted by atomic mass is 19.1. The Bertz CT molecular complexity index is 574. The van der Waals surface area contributed by atoms with Gasteiger partial charge in [0, 0.05) is 6.20 Å². The summed E-state index contributed by atoms with van der Waals surface area (Å²) in [5.41, 5.74) is 4.75. The molecule has 2 aromatic rings. The molecular formula is C14H16FN3O. The normalized spacial score (nSPS) is 12.2. The predicted molar refractivity (Wildman–Crippen MR) is 71.1 cm³/mol. The first-order chi connectivity index (χ1) is 9.17. The third-order valence-electron chi connectivity index (χ3n) is 2.98. The first-order valence-electron chi connectivity index (χ1n) is 5.88. The lowest BCUT2D eigenvalue weighted by molar-refractivity contribution is 0.400. The maximum atomic E-state index is 13.3. The first-order valence-corrected chi connectivity index (χ1v) is 5.88. The van der Waals surface area contributed by atoms with Gasteiger partial charge in [0.05, 0.1) is 13.2 Å². The standard InChI is InChI=1S/C14H16FN3O/c1-9-8-10(5-6-11(9)15)13(18-16)14-12(19-2)4-3-7-17-14/h3-8,13,18H,16H2,1-2H3. The van der Waals surface area contributed by atoms with Gasteiger partial charge in [0.25, 0.3) is 0 Å². The topological polar surface area (TPSA) is 60.2 Å². The van der Waals surface area contributed by atoms with Crippen LogP contribution in [0.3, 0.4) is 0 Å². The number of aromatic nitrogens is 1. The van der Waals surface area contributed by atoms with Gasteiger partial charge in [-0.15, -0.1) is 0 Å². The van der Waals surface area contributed by atoms with Crippen LogP contribution < -0.4 is 16.0 Å². The summed E-state index contributed by atoms with van der Waals surface area (Å²) in [6.07, 6.45) is 1.67. The summed E-state index contributed by atoms with van der Waals surface area (Å²) in [5, 5.41) is 0. The zero-order valence-electron chi connectivity index (χ0n) is 10.9. The number of aryl methyl sites for hydroxylation is 1. The number of nitrogens with two attached hydrogens (primary N) is 1. The molecule has 0 saturated carbocycles. The average molecular weight is 261 g/mol. The molecule has 0 aliphatic rings. The summed E-state index contributed by atoms with van der Waals surface area (Å²) in [6, 6.07) is 8.09. The number of hydrazine groups is 1. The van der Waals surface area contributed by atoms with Crippen LogP contribution in [0.4, 0.5) is 4.39 Å². The molecule has 0 amide bonds. The molecule has 100 valence electrons. The molecule has 0 spiro atoms. The second kappa shape index (κ2) is 5.77. The van der Waals surface area contributed by atoms with Crippen LogP contribution in [0, 0.1) is 12.7 Å². The van der Waals surface area contributed by atoms with E-state index in [-0.39, 0.29) is 11.9 Å². The maximum Gasteiger partial charge on any atom is 0.142 e. The largest absolute Gasteiger partial charge is 0.495 e. The molecule has 0 saturated heterocycles. The van der Waals surface area contributed by atoms with E-state index in [0.717, 1.165) is 5.56 Å². The molecule has 1 aromatic carbocycles. The fourth-order valence-electron chi connectivity index (χ4n) is 1.97. The van der Waals surface area contributed by atoms with Crippen LogP contribution in [0.5, 0.6) is 5.75 Å². The van der Waals surface area contributed by atoms with E-state index >= 15 is 0 Å². The Kier molecular flexibility index (Phi) is 4.09. The van der Waals surface area contributed by atoms with Crippen molar-refractivity contribution in [1.82, 2.24) is 10.4 Å². The molecule has 5 heteroatoms. The fraction of sp³-hybridized carbons (Fsp3) is 0.214. The number of nitrogens with one attached hydrogen (secondary N) is 1. The molecule has 0 aliphatic carbocycles. The van der Waals surface area contributed by atoms with Crippen LogP contribution in [0.15, 0.2) is 36.5 Å². The second-order valence-electron chi connectivity index (χ2n) is 4.20. The SMILES string of the molecule is COc1cccnc1C(NN)c1ccc(F)c(C)c1. The highest BCUT2D eigenvalue weighted by Crippen LogP contribution is 2.28. The van der Waals surface area contributed by atoms with Crippen LogP contribution in [0.25, 0.3) is 0 Å². The molecule has 0 bridgehead atoms. The minimum absolute atomic E-state index is 0.243. The van der Waals surface area contributed by atoms with Crippen LogP contribution in [0.1, 0.15) is 22.9 Å². The monoisotopic (exact) mass is 261 g/mol. The third kappa shape index (κ3) is 2.72. The molecule has 4 nitrogen and oxygen atoms in total. The molecule has 19 heavy (non-hydrogen) atoms. The molecule has 1 heterocycles. The summed E-state index contributed by atoms with van der Waals surface area (Å²) in [4.78, 5) is 4.29. The van der Waals surface area contributed by atoms with E-state index in [4.69, 9.17) is 10.6 Å². The van der Waals surface area contributed by atoms with Crippen molar-refractivity contribution in [2.24, 2.45) is 5.84 Å². The third-order valence-corrected chi connectivity index (χ3v) is 2.98. The van der Waals surface area contributed by atoms with Crippen LogP contribution in [-0.4, -0.2) is 12.1 Å². The van der Waals surface area contributed by atoms with E-state index in [2.05, 4.69) is 10.4 Å². The van der Waals surface area contributed by atoms with Gasteiger partial charge in [-0.3, -0.25) is 10.8 Å². The number of rotatable bonds is 4. The van der Waals surface area contributed by atoms with Crippen molar-refractivity contribution in [3.05, 3.63) is 59.2 Å². The lowest BCUT2D eigenvalue weighted by Crippen LogP contribution is -2.30. The van der Waals surface area contributed by atoms with E-state index in [1.807, 2.05) is 6.07 Å². The summed E-state index contributed by atoms with van der Waals surface area (Å²) < 4.78 is 18.6. The van der Waals surface area contributed by atoms with Crippen molar-refractivity contribution in [3.63, 3.8) is 0 Å². The van der Waals surface area contributed by atoms with Crippen molar-refractivity contribution in [2.75, 3.05) is 7.11 Å². The summed E-state index contributed by atoms with van der Waals surface area (Å²) >= 11 is 0. The zero-order valence-corrected chi connectivity index (χ0v) is 10.9. The van der Waals surface area contributed by atoms with Gasteiger partial charge in [0.2, 0.25) is 0 Å². The van der Waals surface area contributed by atoms with Gasteiger partial charge in [0.15, 0.2) is 0 Å². The maximum absolute atomic E-state index is 13.3. The van der Waals surface area contributed by atoms with Gasteiger partial charge in [0.1, 0.15) is 17.3 Å². The minimum atomic E-state index is -0.351. The summed E-state index contributed by atoms with van der Waals surface area (Å²) in [5.74, 6) is 6.00. The Morgan fingerprint density at radius 3 is 2.79 bits per heavy atom. The highest BCUT2D eigenvalue weighted by Gasteiger charge is 2.18. The number of methoxy groups -OCH3 is 1. The molecule has 3 N–H and O–H groups in total. The lowest BCUT2D eigenvalue weighted by Gasteiger charge is -2.18. The van der Waals surface area contributed by atoms with Crippen molar-refractivity contribution >= 4 is 0 Å². The second-order valence-corrected chi connectivity index (χ2v) is 4.20. The Morgan fingerprint density at radius 2 is 2.16 bits per heavy atom. The Balaban J connectivity index is 2.46. The first kappa shape index (κ1) is 13.5. The van der Waals surface area contributed by atoms with E-state index in [0.29, 0.717) is 17.0 Å². The molecule has 0 fully saturated rings. The number of hydrogen-bond acceptors (Lipinski definition) is 4. The molecule has 0 radical (unpaired) electrons. The number of benzene rings is 1. The lowest BCUT2D eigenvalue weighted by atomic mass is 10.0. The van der Waals surface area contributed by atoms with E-state index in [1.165, 1.54) is 6.07 Å². The van der Waals surface area contributed by atoms with Crippen LogP contribution in [-0.2, 0) is 0 Å². The van der Waals surface area contributed by atoms with Crippen molar-refractivity contribution < 1.29 is 9.13 Å². The molecule has 1 unspecified atom stereocenters. The summed E-state index contributed by atoms with van der Waals surface area (Å²) in [6.45, 7) is 1.71. The van der Waals surface area contributed by atoms with Gasteiger partial charge >= 0.3 is 0 Å². The molecule has 2 rings (SSSR count). The summed E-state index contributed by atoms with van der Waals surface area (Å²) in [7, 11) is 1.57. The van der Waals surface area contributed by atoms with Gasteiger partial charge < -0.3 is 4.74 Å². The van der Waals surface area contributed by atoms with Gasteiger partial charge in [-0.25, -0.2) is 9.82 Å². The Labute approximate surface area is 111 Å². The number of hydrogen-bond donors (Lipinski definition) is 2.